The van der Waals surface area contributed by atoms with Crippen molar-refractivity contribution in [2.75, 3.05) is 19.6 Å². The summed E-state index contributed by atoms with van der Waals surface area (Å²) in [7, 11) is 0. The summed E-state index contributed by atoms with van der Waals surface area (Å²) in [5.41, 5.74) is 0. The fourth-order valence-electron chi connectivity index (χ4n) is 0.742. The Balaban J connectivity index is -0.000000720. The monoisotopic (exact) mass is 288 g/mol. The van der Waals surface area contributed by atoms with Crippen molar-refractivity contribution in [1.29, 1.82) is 0 Å². The van der Waals surface area contributed by atoms with Gasteiger partial charge in [0.2, 0.25) is 0 Å². The summed E-state index contributed by atoms with van der Waals surface area (Å²) in [6.07, 6.45) is 0. The van der Waals surface area contributed by atoms with E-state index in [4.69, 9.17) is 15.3 Å². The number of hydrogen-bond acceptors (Lipinski definition) is 4. The van der Waals surface area contributed by atoms with Gasteiger partial charge in [0, 0.05) is 16.5 Å². The average molecular weight is 289 g/mol. The molecule has 0 aromatic carbocycles. The predicted octanol–water partition coefficient (Wildman–Crippen LogP) is -4.46. The van der Waals surface area contributed by atoms with Gasteiger partial charge in [-0.15, -0.1) is 0 Å². The first kappa shape index (κ1) is 20.9. The number of carbonyl (C=O) groups is 3. The number of aliphatic carboxylic acids is 3. The molecule has 0 saturated heterocycles. The molecule has 15 heavy (non-hydrogen) atoms. The van der Waals surface area contributed by atoms with Crippen LogP contribution in [0, 0.1) is 0 Å². The fourth-order valence-corrected chi connectivity index (χ4v) is 0.742. The third-order valence-electron chi connectivity index (χ3n) is 1.08. The molecule has 0 radical (unpaired) electrons. The number of nitrogens with zero attached hydrogens (tertiary/aromatic N) is 1. The van der Waals surface area contributed by atoms with Gasteiger partial charge in [-0.25, -0.2) is 0 Å². The SMILES string of the molecule is O=C(O)CN(CC(=O)O)CC(=O)O.[K+].[Ni]. The zero-order chi connectivity index (χ0) is 10.4. The quantitative estimate of drug-likeness (QED) is 0.422. The molecule has 0 aromatic heterocycles. The number of rotatable bonds is 6. The van der Waals surface area contributed by atoms with Gasteiger partial charge in [-0.2, -0.15) is 0 Å². The Kier molecular flexibility index (Phi) is 15.3. The van der Waals surface area contributed by atoms with Crippen molar-refractivity contribution in [2.45, 2.75) is 0 Å². The molecule has 7 nitrogen and oxygen atoms in total. The molecular weight excluding hydrogens is 280 g/mol. The third kappa shape index (κ3) is 14.5. The Morgan fingerprint density at radius 2 is 1.00 bits per heavy atom. The van der Waals surface area contributed by atoms with E-state index >= 15 is 0 Å². The molecule has 0 bridgehead atoms. The number of carboxylic acid groups (broad SMARTS) is 3. The van der Waals surface area contributed by atoms with E-state index < -0.39 is 37.5 Å². The molecule has 3 N–H and O–H groups in total. The Morgan fingerprint density at radius 3 is 1.13 bits per heavy atom. The van der Waals surface area contributed by atoms with Crippen LogP contribution in [0.3, 0.4) is 0 Å². The normalized spacial score (nSPS) is 8.60. The van der Waals surface area contributed by atoms with E-state index in [0.717, 1.165) is 4.90 Å². The molecule has 0 rings (SSSR count). The molecule has 0 aliphatic rings. The second-order valence-electron chi connectivity index (χ2n) is 2.33. The van der Waals surface area contributed by atoms with Gasteiger partial charge < -0.3 is 15.3 Å². The summed E-state index contributed by atoms with van der Waals surface area (Å²) in [6, 6.07) is 0. The first-order valence-corrected chi connectivity index (χ1v) is 3.29. The van der Waals surface area contributed by atoms with Crippen LogP contribution < -0.4 is 51.4 Å². The minimum atomic E-state index is -1.26. The molecule has 84 valence electrons. The summed E-state index contributed by atoms with van der Waals surface area (Å²) >= 11 is 0. The van der Waals surface area contributed by atoms with Gasteiger partial charge in [0.15, 0.2) is 0 Å². The number of carboxylic acids is 3. The zero-order valence-corrected chi connectivity index (χ0v) is 12.1. The third-order valence-corrected chi connectivity index (χ3v) is 1.08. The van der Waals surface area contributed by atoms with Gasteiger partial charge in [-0.05, 0) is 0 Å². The second kappa shape index (κ2) is 11.0. The van der Waals surface area contributed by atoms with Gasteiger partial charge in [0.25, 0.3) is 0 Å². The van der Waals surface area contributed by atoms with Crippen LogP contribution in [-0.4, -0.2) is 57.8 Å². The first-order valence-electron chi connectivity index (χ1n) is 3.29. The summed E-state index contributed by atoms with van der Waals surface area (Å²) in [5, 5.41) is 24.8. The van der Waals surface area contributed by atoms with Gasteiger partial charge in [0.1, 0.15) is 0 Å². The van der Waals surface area contributed by atoms with Gasteiger partial charge >= 0.3 is 69.3 Å². The molecule has 9 heteroatoms. The predicted molar refractivity (Wildman–Crippen MR) is 39.3 cm³/mol. The maximum Gasteiger partial charge on any atom is 1.00 e. The topological polar surface area (TPSA) is 115 Å². The van der Waals surface area contributed by atoms with Crippen molar-refractivity contribution in [3.8, 4) is 0 Å². The van der Waals surface area contributed by atoms with Crippen LogP contribution >= 0.6 is 0 Å². The standard InChI is InChI=1S/C6H9NO6.K.Ni/c8-4(9)1-7(2-5(10)11)3-6(12)13;;/h1-3H2,(H,8,9)(H,10,11)(H,12,13);;/q;+1;. The zero-order valence-electron chi connectivity index (χ0n) is 7.95. The van der Waals surface area contributed by atoms with Crippen LogP contribution in [0.2, 0.25) is 0 Å². The van der Waals surface area contributed by atoms with E-state index in [1.165, 1.54) is 0 Å². The van der Waals surface area contributed by atoms with Crippen LogP contribution in [-0.2, 0) is 30.9 Å². The van der Waals surface area contributed by atoms with Crippen molar-refractivity contribution < 1.29 is 97.6 Å². The van der Waals surface area contributed by atoms with Crippen LogP contribution in [0.1, 0.15) is 0 Å². The molecule has 0 aliphatic carbocycles. The minimum Gasteiger partial charge on any atom is -0.480 e. The second-order valence-corrected chi connectivity index (χ2v) is 2.33. The smallest absolute Gasteiger partial charge is 0.480 e. The molecule has 0 heterocycles. The van der Waals surface area contributed by atoms with Gasteiger partial charge in [-0.1, -0.05) is 0 Å². The Bertz CT molecular complexity index is 198. The van der Waals surface area contributed by atoms with Crippen molar-refractivity contribution in [3.63, 3.8) is 0 Å². The van der Waals surface area contributed by atoms with Gasteiger partial charge in [-0.3, -0.25) is 19.3 Å². The summed E-state index contributed by atoms with van der Waals surface area (Å²) in [6.45, 7) is -1.80. The van der Waals surface area contributed by atoms with Crippen LogP contribution in [0.15, 0.2) is 0 Å². The molecular formula is C6H9KNNiO6+. The summed E-state index contributed by atoms with van der Waals surface area (Å²) < 4.78 is 0. The Labute approximate surface area is 138 Å². The van der Waals surface area contributed by atoms with Crippen molar-refractivity contribution >= 4 is 17.9 Å². The molecule has 0 spiro atoms. The van der Waals surface area contributed by atoms with Crippen molar-refractivity contribution in [2.24, 2.45) is 0 Å². The Morgan fingerprint density at radius 1 is 0.800 bits per heavy atom. The first-order chi connectivity index (χ1) is 5.91. The van der Waals surface area contributed by atoms with Crippen molar-refractivity contribution in [1.82, 2.24) is 4.90 Å². The number of hydrogen-bond donors (Lipinski definition) is 3. The summed E-state index contributed by atoms with van der Waals surface area (Å²) in [4.78, 5) is 31.2. The van der Waals surface area contributed by atoms with Crippen LogP contribution in [0.5, 0.6) is 0 Å². The van der Waals surface area contributed by atoms with E-state index in [0.29, 0.717) is 0 Å². The molecule has 0 unspecified atom stereocenters. The fraction of sp³-hybridized carbons (Fsp3) is 0.500. The van der Waals surface area contributed by atoms with E-state index in [9.17, 15) is 14.4 Å². The van der Waals surface area contributed by atoms with E-state index in [2.05, 4.69) is 0 Å². The average Bonchev–Trinajstić information content (AvgIpc) is 1.80. The Hall–Kier alpha value is 0.500. The summed E-state index contributed by atoms with van der Waals surface area (Å²) in [5.74, 6) is -3.78. The van der Waals surface area contributed by atoms with E-state index in [1.807, 2.05) is 0 Å². The molecule has 0 fully saturated rings. The maximum atomic E-state index is 10.1. The molecule has 0 amide bonds. The largest absolute Gasteiger partial charge is 1.00 e. The maximum absolute atomic E-state index is 10.1. The van der Waals surface area contributed by atoms with E-state index in [1.54, 1.807) is 0 Å². The molecule has 0 atom stereocenters. The molecule has 0 aliphatic heterocycles. The molecule has 0 saturated carbocycles. The van der Waals surface area contributed by atoms with E-state index in [-0.39, 0.29) is 67.9 Å². The van der Waals surface area contributed by atoms with Crippen molar-refractivity contribution in [3.05, 3.63) is 0 Å². The van der Waals surface area contributed by atoms with Gasteiger partial charge in [0.05, 0.1) is 19.6 Å². The van der Waals surface area contributed by atoms with Crippen LogP contribution in [0.4, 0.5) is 0 Å². The minimum absolute atomic E-state index is 0. The molecule has 0 aromatic rings. The van der Waals surface area contributed by atoms with Crippen LogP contribution in [0.25, 0.3) is 0 Å².